The van der Waals surface area contributed by atoms with E-state index in [1.807, 2.05) is 0 Å². The third-order valence-electron chi connectivity index (χ3n) is 3.65. The average molecular weight is 393 g/mol. The Hall–Kier alpha value is 0.200. The van der Waals surface area contributed by atoms with Crippen LogP contribution in [0, 0.1) is 5.41 Å². The summed E-state index contributed by atoms with van der Waals surface area (Å²) in [6.07, 6.45) is 0. The smallest absolute Gasteiger partial charge is 0.189 e. The molecule has 0 atom stereocenters. The van der Waals surface area contributed by atoms with Crippen LogP contribution in [0.25, 0.3) is 0 Å². The van der Waals surface area contributed by atoms with Gasteiger partial charge in [-0.25, -0.2) is 9.34 Å². The molecule has 0 spiro atoms. The van der Waals surface area contributed by atoms with E-state index in [4.69, 9.17) is 21.5 Å². The maximum Gasteiger partial charge on any atom is 0.189 e. The van der Waals surface area contributed by atoms with Crippen LogP contribution in [0.15, 0.2) is 0 Å². The highest BCUT2D eigenvalue weighted by Gasteiger charge is 2.34. The fourth-order valence-electron chi connectivity index (χ4n) is 2.71. The second-order valence-corrected chi connectivity index (χ2v) is 10.7. The first-order chi connectivity index (χ1) is 11.3. The van der Waals surface area contributed by atoms with Crippen LogP contribution in [0.1, 0.15) is 76.2 Å². The van der Waals surface area contributed by atoms with E-state index in [-0.39, 0.29) is 5.41 Å². The topological polar surface area (TPSA) is 24.9 Å². The molecule has 0 aromatic carbocycles. The molecule has 0 bridgehead atoms. The van der Waals surface area contributed by atoms with Gasteiger partial charge >= 0.3 is 0 Å². The molecule has 0 aliphatic rings. The second kappa shape index (κ2) is 11.1. The van der Waals surface area contributed by atoms with Gasteiger partial charge in [0, 0.05) is 29.6 Å². The van der Waals surface area contributed by atoms with Crippen molar-refractivity contribution in [2.24, 2.45) is 5.41 Å². The fourth-order valence-corrected chi connectivity index (χ4v) is 5.11. The SMILES string of the molecule is CC(C)N(C(C)C)P(OCCOC(=S)C(C)(C)C)N(C(C)C)C(C)C. The molecule has 0 heterocycles. The van der Waals surface area contributed by atoms with Gasteiger partial charge in [-0.3, -0.25) is 0 Å². The van der Waals surface area contributed by atoms with E-state index < -0.39 is 8.45 Å². The second-order valence-electron chi connectivity index (χ2n) is 8.61. The monoisotopic (exact) mass is 392 g/mol. The first-order valence-corrected chi connectivity index (χ1v) is 11.0. The first-order valence-electron chi connectivity index (χ1n) is 9.47. The number of hydrogen-bond donors (Lipinski definition) is 0. The summed E-state index contributed by atoms with van der Waals surface area (Å²) >= 11 is 5.35. The van der Waals surface area contributed by atoms with Gasteiger partial charge in [0.05, 0.1) is 6.61 Å². The van der Waals surface area contributed by atoms with Crippen molar-refractivity contribution in [2.75, 3.05) is 13.2 Å². The summed E-state index contributed by atoms with van der Waals surface area (Å²) in [6.45, 7) is 25.2. The van der Waals surface area contributed by atoms with Gasteiger partial charge in [-0.05, 0) is 67.6 Å². The molecular formula is C19H41N2O2PS. The number of ether oxygens (including phenoxy) is 1. The summed E-state index contributed by atoms with van der Waals surface area (Å²) < 4.78 is 17.1. The summed E-state index contributed by atoms with van der Waals surface area (Å²) in [5.41, 5.74) is -0.107. The maximum atomic E-state index is 6.41. The molecule has 0 aliphatic carbocycles. The molecule has 0 unspecified atom stereocenters. The Morgan fingerprint density at radius 1 is 0.800 bits per heavy atom. The van der Waals surface area contributed by atoms with Crippen LogP contribution in [-0.4, -0.2) is 51.8 Å². The number of nitrogens with zero attached hydrogens (tertiary/aromatic N) is 2. The molecule has 0 amide bonds. The summed E-state index contributed by atoms with van der Waals surface area (Å²) in [6, 6.07) is 1.68. The summed E-state index contributed by atoms with van der Waals surface area (Å²) in [4.78, 5) is 0. The van der Waals surface area contributed by atoms with Crippen molar-refractivity contribution in [3.63, 3.8) is 0 Å². The van der Waals surface area contributed by atoms with E-state index >= 15 is 0 Å². The summed E-state index contributed by atoms with van der Waals surface area (Å²) in [5, 5.41) is 0.648. The van der Waals surface area contributed by atoms with Crippen LogP contribution in [0.5, 0.6) is 0 Å². The predicted octanol–water partition coefficient (Wildman–Crippen LogP) is 5.86. The maximum absolute atomic E-state index is 6.41. The summed E-state index contributed by atoms with van der Waals surface area (Å²) in [7, 11) is -0.861. The van der Waals surface area contributed by atoms with Crippen LogP contribution in [-0.2, 0) is 9.26 Å². The molecule has 6 heteroatoms. The van der Waals surface area contributed by atoms with E-state index in [2.05, 4.69) is 85.5 Å². The van der Waals surface area contributed by atoms with Crippen molar-refractivity contribution in [2.45, 2.75) is 100 Å². The molecule has 0 fully saturated rings. The zero-order valence-corrected chi connectivity index (χ0v) is 20.0. The molecule has 25 heavy (non-hydrogen) atoms. The lowest BCUT2D eigenvalue weighted by Gasteiger charge is -2.45. The van der Waals surface area contributed by atoms with Gasteiger partial charge in [0.25, 0.3) is 0 Å². The van der Waals surface area contributed by atoms with Gasteiger partial charge in [0.15, 0.2) is 13.5 Å². The molecule has 150 valence electrons. The Labute approximate surface area is 163 Å². The third-order valence-corrected chi connectivity index (χ3v) is 7.43. The molecule has 0 N–H and O–H groups in total. The van der Waals surface area contributed by atoms with E-state index in [9.17, 15) is 0 Å². The van der Waals surface area contributed by atoms with Gasteiger partial charge in [-0.15, -0.1) is 0 Å². The minimum atomic E-state index is -0.861. The minimum Gasteiger partial charge on any atom is -0.484 e. The van der Waals surface area contributed by atoms with E-state index in [0.29, 0.717) is 42.4 Å². The normalized spacial score (nSPS) is 13.4. The van der Waals surface area contributed by atoms with Crippen LogP contribution in [0.4, 0.5) is 0 Å². The van der Waals surface area contributed by atoms with Crippen LogP contribution >= 0.6 is 20.7 Å². The Balaban J connectivity index is 5.11. The van der Waals surface area contributed by atoms with Gasteiger partial charge in [-0.2, -0.15) is 0 Å². The van der Waals surface area contributed by atoms with Crippen LogP contribution < -0.4 is 0 Å². The van der Waals surface area contributed by atoms with E-state index in [1.165, 1.54) is 0 Å². The molecule has 0 radical (unpaired) electrons. The van der Waals surface area contributed by atoms with E-state index in [0.717, 1.165) is 0 Å². The van der Waals surface area contributed by atoms with Crippen molar-refractivity contribution in [3.05, 3.63) is 0 Å². The Morgan fingerprint density at radius 3 is 1.44 bits per heavy atom. The molecule has 0 aliphatic heterocycles. The predicted molar refractivity (Wildman–Crippen MR) is 115 cm³/mol. The van der Waals surface area contributed by atoms with Gasteiger partial charge in [0.1, 0.15) is 6.61 Å². The number of thiocarbonyl (C=S) groups is 1. The molecule has 0 aromatic rings. The average Bonchev–Trinajstić information content (AvgIpc) is 2.40. The van der Waals surface area contributed by atoms with Gasteiger partial charge in [-0.1, -0.05) is 20.8 Å². The van der Waals surface area contributed by atoms with E-state index in [1.54, 1.807) is 0 Å². The molecule has 4 nitrogen and oxygen atoms in total. The summed E-state index contributed by atoms with van der Waals surface area (Å²) in [5.74, 6) is 0. The Morgan fingerprint density at radius 2 is 1.16 bits per heavy atom. The largest absolute Gasteiger partial charge is 0.484 e. The zero-order chi connectivity index (χ0) is 19.9. The van der Waals surface area contributed by atoms with Crippen molar-refractivity contribution in [1.82, 2.24) is 9.34 Å². The Bertz CT molecular complexity index is 359. The highest BCUT2D eigenvalue weighted by atomic mass is 32.1. The molecule has 0 rings (SSSR count). The molecule has 0 saturated heterocycles. The quantitative estimate of drug-likeness (QED) is 0.263. The highest BCUT2D eigenvalue weighted by Crippen LogP contribution is 2.50. The lowest BCUT2D eigenvalue weighted by molar-refractivity contribution is 0.156. The number of rotatable bonds is 10. The lowest BCUT2D eigenvalue weighted by atomic mass is 9.98. The minimum absolute atomic E-state index is 0.107. The van der Waals surface area contributed by atoms with Gasteiger partial charge < -0.3 is 9.26 Å². The van der Waals surface area contributed by atoms with Crippen molar-refractivity contribution in [3.8, 4) is 0 Å². The van der Waals surface area contributed by atoms with Crippen molar-refractivity contribution < 1.29 is 9.26 Å². The Kier molecular flexibility index (Phi) is 11.2. The molecule has 0 aromatic heterocycles. The van der Waals surface area contributed by atoms with Crippen molar-refractivity contribution >= 4 is 25.7 Å². The fraction of sp³-hybridized carbons (Fsp3) is 0.947. The lowest BCUT2D eigenvalue weighted by Crippen LogP contribution is -2.43. The molecule has 0 saturated carbocycles. The first kappa shape index (κ1) is 25.2. The number of hydrogen-bond acceptors (Lipinski definition) is 5. The highest BCUT2D eigenvalue weighted by molar-refractivity contribution is 7.80. The standard InChI is InChI=1S/C19H41N2O2PS/c1-14(2)20(15(3)4)24(21(16(5)6)17(7)8)23-13-12-22-18(25)19(9,10)11/h14-17H,12-13H2,1-11H3. The zero-order valence-electron chi connectivity index (χ0n) is 18.3. The van der Waals surface area contributed by atoms with Crippen LogP contribution in [0.2, 0.25) is 0 Å². The third kappa shape index (κ3) is 8.62. The van der Waals surface area contributed by atoms with Gasteiger partial charge in [0.2, 0.25) is 0 Å². The van der Waals surface area contributed by atoms with Crippen LogP contribution in [0.3, 0.4) is 0 Å². The molecular weight excluding hydrogens is 351 g/mol. The van der Waals surface area contributed by atoms with Crippen molar-refractivity contribution in [1.29, 1.82) is 0 Å².